The number of aromatic nitrogens is 2. The zero-order chi connectivity index (χ0) is 17.3. The number of carbonyl (C=O) groups is 1. The largest absolute Gasteiger partial charge is 0.339 e. The van der Waals surface area contributed by atoms with Gasteiger partial charge in [0, 0.05) is 44.0 Å². The summed E-state index contributed by atoms with van der Waals surface area (Å²) in [4.78, 5) is 25.8. The quantitative estimate of drug-likeness (QED) is 0.848. The monoisotopic (exact) mass is 356 g/mol. The number of hydrogen-bond donors (Lipinski definition) is 0. The van der Waals surface area contributed by atoms with Crippen molar-refractivity contribution < 1.29 is 4.79 Å². The zero-order valence-electron chi connectivity index (χ0n) is 14.6. The van der Waals surface area contributed by atoms with Crippen LogP contribution in [-0.2, 0) is 6.54 Å². The van der Waals surface area contributed by atoms with E-state index >= 15 is 0 Å². The molecular formula is C19H24N4OS. The molecule has 2 fully saturated rings. The van der Waals surface area contributed by atoms with Crippen LogP contribution in [0, 0.1) is 12.3 Å². The van der Waals surface area contributed by atoms with Crippen LogP contribution in [0.15, 0.2) is 29.9 Å². The number of nitrogens with zero attached hydrogens (tertiary/aromatic N) is 4. The van der Waals surface area contributed by atoms with Crippen molar-refractivity contribution in [1.29, 1.82) is 0 Å². The molecule has 2 aromatic heterocycles. The standard InChI is InChI=1S/C19H24N4OS/c1-15-21-17(13-25-15)12-22-8-4-19(14-22)5-9-23(10-6-19)18(24)16-3-2-7-20-11-16/h2-3,7,11,13H,4-6,8-10,12,14H2,1H3. The van der Waals surface area contributed by atoms with Gasteiger partial charge in [0.15, 0.2) is 0 Å². The van der Waals surface area contributed by atoms with Crippen LogP contribution < -0.4 is 0 Å². The molecule has 1 spiro atoms. The fourth-order valence-corrected chi connectivity index (χ4v) is 4.74. The smallest absolute Gasteiger partial charge is 0.255 e. The highest BCUT2D eigenvalue weighted by Gasteiger charge is 2.41. The second kappa shape index (κ2) is 6.84. The Morgan fingerprint density at radius 3 is 2.76 bits per heavy atom. The summed E-state index contributed by atoms with van der Waals surface area (Å²) >= 11 is 1.73. The number of thiazole rings is 1. The van der Waals surface area contributed by atoms with E-state index < -0.39 is 0 Å². The van der Waals surface area contributed by atoms with Gasteiger partial charge in [-0.1, -0.05) is 0 Å². The number of carbonyl (C=O) groups excluding carboxylic acids is 1. The minimum Gasteiger partial charge on any atom is -0.339 e. The van der Waals surface area contributed by atoms with Crippen molar-refractivity contribution >= 4 is 17.2 Å². The molecular weight excluding hydrogens is 332 g/mol. The van der Waals surface area contributed by atoms with Gasteiger partial charge in [-0.05, 0) is 50.3 Å². The first-order valence-corrected chi connectivity index (χ1v) is 9.84. The third-order valence-corrected chi connectivity index (χ3v) is 6.41. The number of likely N-dealkylation sites (tertiary alicyclic amines) is 2. The summed E-state index contributed by atoms with van der Waals surface area (Å²) in [6.45, 7) is 7.03. The summed E-state index contributed by atoms with van der Waals surface area (Å²) in [5.74, 6) is 0.121. The molecule has 2 saturated heterocycles. The first kappa shape index (κ1) is 16.7. The lowest BCUT2D eigenvalue weighted by Crippen LogP contribution is -2.44. The lowest BCUT2D eigenvalue weighted by atomic mass is 9.77. The number of hydrogen-bond acceptors (Lipinski definition) is 5. The zero-order valence-corrected chi connectivity index (χ0v) is 15.5. The first-order chi connectivity index (χ1) is 12.1. The van der Waals surface area contributed by atoms with Gasteiger partial charge in [0.2, 0.25) is 0 Å². The van der Waals surface area contributed by atoms with Crippen LogP contribution in [0.1, 0.15) is 40.3 Å². The first-order valence-electron chi connectivity index (χ1n) is 8.96. The Bertz CT molecular complexity index is 737. The third kappa shape index (κ3) is 3.60. The second-order valence-electron chi connectivity index (χ2n) is 7.35. The summed E-state index contributed by atoms with van der Waals surface area (Å²) in [7, 11) is 0. The number of rotatable bonds is 3. The molecule has 2 aliphatic rings. The van der Waals surface area contributed by atoms with Crippen molar-refractivity contribution in [3.63, 3.8) is 0 Å². The molecule has 2 aliphatic heterocycles. The van der Waals surface area contributed by atoms with Crippen LogP contribution in [0.4, 0.5) is 0 Å². The Hall–Kier alpha value is -1.79. The Morgan fingerprint density at radius 1 is 1.28 bits per heavy atom. The van der Waals surface area contributed by atoms with E-state index in [0.29, 0.717) is 11.0 Å². The molecule has 0 bridgehead atoms. The topological polar surface area (TPSA) is 49.3 Å². The van der Waals surface area contributed by atoms with E-state index in [9.17, 15) is 4.79 Å². The molecule has 0 N–H and O–H groups in total. The molecule has 6 heteroatoms. The Kier molecular flexibility index (Phi) is 4.56. The van der Waals surface area contributed by atoms with E-state index in [-0.39, 0.29) is 5.91 Å². The summed E-state index contributed by atoms with van der Waals surface area (Å²) in [6.07, 6.45) is 6.82. The summed E-state index contributed by atoms with van der Waals surface area (Å²) in [5, 5.41) is 3.32. The average Bonchev–Trinajstić information content (AvgIpc) is 3.22. The van der Waals surface area contributed by atoms with Crippen molar-refractivity contribution in [3.8, 4) is 0 Å². The van der Waals surface area contributed by atoms with Crippen molar-refractivity contribution in [3.05, 3.63) is 46.2 Å². The molecule has 0 aromatic carbocycles. The van der Waals surface area contributed by atoms with Gasteiger partial charge < -0.3 is 4.90 Å². The molecule has 0 radical (unpaired) electrons. The summed E-state index contributed by atoms with van der Waals surface area (Å²) in [5.41, 5.74) is 2.28. The predicted molar refractivity (Wildman–Crippen MR) is 98.6 cm³/mol. The fourth-order valence-electron chi connectivity index (χ4n) is 4.14. The maximum absolute atomic E-state index is 12.6. The van der Waals surface area contributed by atoms with Crippen LogP contribution in [0.3, 0.4) is 0 Å². The minimum absolute atomic E-state index is 0.121. The van der Waals surface area contributed by atoms with E-state index in [0.717, 1.165) is 50.6 Å². The van der Waals surface area contributed by atoms with Gasteiger partial charge in [-0.2, -0.15) is 0 Å². The number of amides is 1. The maximum Gasteiger partial charge on any atom is 0.255 e. The highest BCUT2D eigenvalue weighted by atomic mass is 32.1. The lowest BCUT2D eigenvalue weighted by Gasteiger charge is -2.39. The van der Waals surface area contributed by atoms with Crippen LogP contribution in [0.5, 0.6) is 0 Å². The second-order valence-corrected chi connectivity index (χ2v) is 8.41. The van der Waals surface area contributed by atoms with E-state index in [1.807, 2.05) is 17.0 Å². The number of pyridine rings is 1. The van der Waals surface area contributed by atoms with E-state index in [1.54, 1.807) is 23.7 Å². The summed E-state index contributed by atoms with van der Waals surface area (Å²) < 4.78 is 0. The SMILES string of the molecule is Cc1nc(CN2CCC3(CCN(C(=O)c4cccnc4)CC3)C2)cs1. The highest BCUT2D eigenvalue weighted by Crippen LogP contribution is 2.41. The molecule has 2 aromatic rings. The third-order valence-electron chi connectivity index (χ3n) is 5.59. The van der Waals surface area contributed by atoms with Gasteiger partial charge in [0.1, 0.15) is 0 Å². The fraction of sp³-hybridized carbons (Fsp3) is 0.526. The van der Waals surface area contributed by atoms with Gasteiger partial charge in [-0.3, -0.25) is 14.7 Å². The predicted octanol–water partition coefficient (Wildman–Crippen LogP) is 2.97. The normalized spacial score (nSPS) is 20.3. The minimum atomic E-state index is 0.121. The van der Waals surface area contributed by atoms with Crippen LogP contribution in [-0.4, -0.2) is 51.9 Å². The Balaban J connectivity index is 1.33. The van der Waals surface area contributed by atoms with Gasteiger partial charge in [0.25, 0.3) is 5.91 Å². The van der Waals surface area contributed by atoms with Gasteiger partial charge in [-0.25, -0.2) is 4.98 Å². The maximum atomic E-state index is 12.6. The molecule has 0 atom stereocenters. The number of piperidine rings is 1. The van der Waals surface area contributed by atoms with Crippen molar-refractivity contribution in [2.45, 2.75) is 32.7 Å². The van der Waals surface area contributed by atoms with Crippen LogP contribution in [0.25, 0.3) is 0 Å². The molecule has 0 saturated carbocycles. The van der Waals surface area contributed by atoms with E-state index in [4.69, 9.17) is 0 Å². The summed E-state index contributed by atoms with van der Waals surface area (Å²) in [6, 6.07) is 3.68. The molecule has 0 aliphatic carbocycles. The molecule has 25 heavy (non-hydrogen) atoms. The Labute approximate surface area is 152 Å². The molecule has 132 valence electrons. The van der Waals surface area contributed by atoms with E-state index in [1.165, 1.54) is 12.1 Å². The number of aryl methyl sites for hydroxylation is 1. The lowest BCUT2D eigenvalue weighted by molar-refractivity contribution is 0.0587. The molecule has 4 rings (SSSR count). The molecule has 4 heterocycles. The van der Waals surface area contributed by atoms with Gasteiger partial charge in [0.05, 0.1) is 16.3 Å². The van der Waals surface area contributed by atoms with Crippen molar-refractivity contribution in [1.82, 2.24) is 19.8 Å². The molecule has 5 nitrogen and oxygen atoms in total. The van der Waals surface area contributed by atoms with Crippen molar-refractivity contribution in [2.75, 3.05) is 26.2 Å². The molecule has 0 unspecified atom stereocenters. The highest BCUT2D eigenvalue weighted by molar-refractivity contribution is 7.09. The van der Waals surface area contributed by atoms with Gasteiger partial charge in [-0.15, -0.1) is 11.3 Å². The van der Waals surface area contributed by atoms with Crippen LogP contribution in [0.2, 0.25) is 0 Å². The molecule has 1 amide bonds. The average molecular weight is 356 g/mol. The van der Waals surface area contributed by atoms with Crippen LogP contribution >= 0.6 is 11.3 Å². The van der Waals surface area contributed by atoms with Gasteiger partial charge >= 0.3 is 0 Å². The Morgan fingerprint density at radius 2 is 2.08 bits per heavy atom. The van der Waals surface area contributed by atoms with Crippen molar-refractivity contribution in [2.24, 2.45) is 5.41 Å². The van der Waals surface area contributed by atoms with E-state index in [2.05, 4.69) is 27.2 Å².